The second kappa shape index (κ2) is 18.5. The van der Waals surface area contributed by atoms with Gasteiger partial charge in [0.05, 0.1) is 32.1 Å². The molecule has 8 nitrogen and oxygen atoms in total. The van der Waals surface area contributed by atoms with E-state index in [2.05, 4.69) is 47.9 Å². The molecule has 0 saturated heterocycles. The van der Waals surface area contributed by atoms with Gasteiger partial charge in [-0.1, -0.05) is 25.2 Å². The number of ether oxygens (including phenoxy) is 4. The highest BCUT2D eigenvalue weighted by Gasteiger charge is 2.15. The van der Waals surface area contributed by atoms with Crippen molar-refractivity contribution < 1.29 is 23.7 Å². The van der Waals surface area contributed by atoms with Gasteiger partial charge in [0.1, 0.15) is 0 Å². The number of amides is 1. The fourth-order valence-electron chi connectivity index (χ4n) is 3.82. The highest BCUT2D eigenvalue weighted by atomic mass is 16.5. The predicted molar refractivity (Wildman–Crippen MR) is 149 cm³/mol. The topological polar surface area (TPSA) is 90.4 Å². The van der Waals surface area contributed by atoms with Crippen molar-refractivity contribution in [3.05, 3.63) is 47.6 Å². The number of hydrogen-bond donors (Lipinski definition) is 2. The molecule has 1 amide bonds. The van der Waals surface area contributed by atoms with Crippen LogP contribution in [0.5, 0.6) is 11.5 Å². The third kappa shape index (κ3) is 12.4. The van der Waals surface area contributed by atoms with Crippen LogP contribution in [0.3, 0.4) is 0 Å². The summed E-state index contributed by atoms with van der Waals surface area (Å²) in [4.78, 5) is 11.3. The molecule has 1 unspecified atom stereocenters. The number of methoxy groups -OCH3 is 2. The summed E-state index contributed by atoms with van der Waals surface area (Å²) >= 11 is 0. The van der Waals surface area contributed by atoms with E-state index in [4.69, 9.17) is 18.9 Å². The smallest absolute Gasteiger partial charge is 0.240 e. The minimum absolute atomic E-state index is 0.0516. The average molecular weight is 516 g/mol. The van der Waals surface area contributed by atoms with E-state index in [9.17, 15) is 4.79 Å². The summed E-state index contributed by atoms with van der Waals surface area (Å²) in [5.41, 5.74) is 5.61. The van der Waals surface area contributed by atoms with Crippen molar-refractivity contribution in [2.24, 2.45) is 5.10 Å². The van der Waals surface area contributed by atoms with Gasteiger partial charge in [0.2, 0.25) is 5.91 Å². The van der Waals surface area contributed by atoms with Crippen molar-refractivity contribution in [3.63, 3.8) is 0 Å². The molecular formula is C29H45N3O5. The number of unbranched alkanes of at least 4 members (excludes halogenated alkanes) is 1. The minimum atomic E-state index is -0.0516. The number of carbonyl (C=O) groups is 1. The number of hydrazone groups is 1. The van der Waals surface area contributed by atoms with Crippen LogP contribution in [-0.2, 0) is 14.3 Å². The molecule has 0 saturated carbocycles. The summed E-state index contributed by atoms with van der Waals surface area (Å²) in [5.74, 6) is 1.34. The van der Waals surface area contributed by atoms with Crippen molar-refractivity contribution in [2.75, 3.05) is 47.1 Å². The van der Waals surface area contributed by atoms with Gasteiger partial charge in [-0.05, 0) is 75.9 Å². The Balaban J connectivity index is 1.55. The zero-order valence-corrected chi connectivity index (χ0v) is 23.0. The molecular weight excluding hydrogens is 470 g/mol. The van der Waals surface area contributed by atoms with Crippen LogP contribution in [0.15, 0.2) is 47.1 Å². The van der Waals surface area contributed by atoms with Crippen LogP contribution in [0.1, 0.15) is 64.4 Å². The summed E-state index contributed by atoms with van der Waals surface area (Å²) < 4.78 is 22.5. The van der Waals surface area contributed by atoms with Crippen molar-refractivity contribution in [1.82, 2.24) is 10.7 Å². The van der Waals surface area contributed by atoms with Gasteiger partial charge in [0.25, 0.3) is 0 Å². The molecule has 1 aromatic carbocycles. The molecule has 206 valence electrons. The Kier molecular flexibility index (Phi) is 15.3. The first-order valence-corrected chi connectivity index (χ1v) is 13.4. The number of carbonyl (C=O) groups excluding carboxylic acids is 1. The van der Waals surface area contributed by atoms with E-state index < -0.39 is 0 Å². The SMILES string of the molecule is CC/C=C(\C=C/C(C)OCCCNCCCCOc1ccc(C2=NNC(=O)CC2)cc1OC)CCOC. The van der Waals surface area contributed by atoms with Gasteiger partial charge in [0, 0.05) is 32.1 Å². The number of allylic oxidation sites excluding steroid dienone is 2. The maximum atomic E-state index is 11.3. The van der Waals surface area contributed by atoms with E-state index in [-0.39, 0.29) is 12.0 Å². The predicted octanol–water partition coefficient (Wildman–Crippen LogP) is 4.78. The zero-order chi connectivity index (χ0) is 26.7. The molecule has 1 aliphatic rings. The quantitative estimate of drug-likeness (QED) is 0.204. The van der Waals surface area contributed by atoms with Crippen LogP contribution in [-0.4, -0.2) is 64.9 Å². The average Bonchev–Trinajstić information content (AvgIpc) is 2.91. The molecule has 0 fully saturated rings. The molecule has 0 aromatic heterocycles. The van der Waals surface area contributed by atoms with Crippen LogP contribution in [0.25, 0.3) is 0 Å². The van der Waals surface area contributed by atoms with Gasteiger partial charge < -0.3 is 24.3 Å². The summed E-state index contributed by atoms with van der Waals surface area (Å²) in [6, 6.07) is 5.77. The molecule has 8 heteroatoms. The van der Waals surface area contributed by atoms with Gasteiger partial charge >= 0.3 is 0 Å². The lowest BCUT2D eigenvalue weighted by atomic mass is 10.0. The summed E-state index contributed by atoms with van der Waals surface area (Å²) in [7, 11) is 3.36. The standard InChI is InChI=1S/C29H45N3O5/c1-5-9-24(16-21-34-3)11-10-23(2)36-20-8-18-30-17-6-7-19-37-27-14-12-25(22-28(27)35-4)26-13-15-29(33)32-31-26/h9-12,14,22-23,30H,5-8,13,15-21H2,1-4H3,(H,32,33)/b11-10-,24-9+. The van der Waals surface area contributed by atoms with Crippen LogP contribution in [0, 0.1) is 0 Å². The number of nitrogens with zero attached hydrogens (tertiary/aromatic N) is 1. The van der Waals surface area contributed by atoms with Gasteiger partial charge in [-0.25, -0.2) is 5.43 Å². The van der Waals surface area contributed by atoms with Crippen molar-refractivity contribution in [2.45, 2.75) is 64.9 Å². The Morgan fingerprint density at radius 3 is 2.68 bits per heavy atom. The van der Waals surface area contributed by atoms with Crippen LogP contribution < -0.4 is 20.2 Å². The highest BCUT2D eigenvalue weighted by molar-refractivity contribution is 6.04. The molecule has 1 aromatic rings. The normalized spacial score (nSPS) is 15.0. The first-order chi connectivity index (χ1) is 18.1. The van der Waals surface area contributed by atoms with E-state index in [1.54, 1.807) is 14.2 Å². The monoisotopic (exact) mass is 515 g/mol. The Bertz CT molecular complexity index is 898. The molecule has 0 bridgehead atoms. The number of hydrogen-bond acceptors (Lipinski definition) is 7. The van der Waals surface area contributed by atoms with E-state index in [1.165, 1.54) is 5.57 Å². The first-order valence-electron chi connectivity index (χ1n) is 13.4. The fourth-order valence-corrected chi connectivity index (χ4v) is 3.82. The molecule has 1 aliphatic heterocycles. The lowest BCUT2D eigenvalue weighted by Crippen LogP contribution is -2.25. The van der Waals surface area contributed by atoms with E-state index in [0.29, 0.717) is 25.2 Å². The Labute approximate surface area is 222 Å². The third-order valence-electron chi connectivity index (χ3n) is 5.93. The van der Waals surface area contributed by atoms with Crippen LogP contribution in [0.2, 0.25) is 0 Å². The minimum Gasteiger partial charge on any atom is -0.493 e. The van der Waals surface area contributed by atoms with Crippen LogP contribution >= 0.6 is 0 Å². The van der Waals surface area contributed by atoms with E-state index in [0.717, 1.165) is 75.4 Å². The maximum absolute atomic E-state index is 11.3. The van der Waals surface area contributed by atoms with Gasteiger partial charge in [0.15, 0.2) is 11.5 Å². The lowest BCUT2D eigenvalue weighted by molar-refractivity contribution is -0.121. The van der Waals surface area contributed by atoms with Crippen molar-refractivity contribution in [3.8, 4) is 11.5 Å². The van der Waals surface area contributed by atoms with Crippen molar-refractivity contribution >= 4 is 11.6 Å². The number of benzene rings is 1. The molecule has 0 radical (unpaired) electrons. The summed E-state index contributed by atoms with van der Waals surface area (Å²) in [6.45, 7) is 8.21. The van der Waals surface area contributed by atoms with Crippen LogP contribution in [0.4, 0.5) is 0 Å². The zero-order valence-electron chi connectivity index (χ0n) is 23.0. The number of nitrogens with one attached hydrogen (secondary N) is 2. The van der Waals surface area contributed by atoms with Gasteiger partial charge in [-0.3, -0.25) is 4.79 Å². The first kappa shape index (κ1) is 30.5. The summed E-state index contributed by atoms with van der Waals surface area (Å²) in [5, 5.41) is 7.62. The Hall–Kier alpha value is -2.68. The lowest BCUT2D eigenvalue weighted by Gasteiger charge is -2.15. The maximum Gasteiger partial charge on any atom is 0.240 e. The number of rotatable bonds is 19. The van der Waals surface area contributed by atoms with E-state index >= 15 is 0 Å². The highest BCUT2D eigenvalue weighted by Crippen LogP contribution is 2.29. The Morgan fingerprint density at radius 2 is 1.95 bits per heavy atom. The fraction of sp³-hybridized carbons (Fsp3) is 0.586. The Morgan fingerprint density at radius 1 is 1.11 bits per heavy atom. The second-order valence-corrected chi connectivity index (χ2v) is 8.98. The molecule has 0 aliphatic carbocycles. The molecule has 0 spiro atoms. The molecule has 37 heavy (non-hydrogen) atoms. The molecule has 1 heterocycles. The van der Waals surface area contributed by atoms with Crippen molar-refractivity contribution in [1.29, 1.82) is 0 Å². The molecule has 2 N–H and O–H groups in total. The second-order valence-electron chi connectivity index (χ2n) is 8.98. The van der Waals surface area contributed by atoms with Gasteiger partial charge in [-0.15, -0.1) is 0 Å². The molecule has 2 rings (SSSR count). The van der Waals surface area contributed by atoms with Gasteiger partial charge in [-0.2, -0.15) is 5.10 Å². The largest absolute Gasteiger partial charge is 0.493 e. The van der Waals surface area contributed by atoms with E-state index in [1.807, 2.05) is 18.2 Å². The molecule has 1 atom stereocenters. The third-order valence-corrected chi connectivity index (χ3v) is 5.93. The summed E-state index contributed by atoms with van der Waals surface area (Å²) in [6.07, 6.45) is 12.6.